The van der Waals surface area contributed by atoms with Gasteiger partial charge in [-0.15, -0.1) is 0 Å². The predicted octanol–water partition coefficient (Wildman–Crippen LogP) is 2.16. The van der Waals surface area contributed by atoms with E-state index in [0.717, 1.165) is 0 Å². The van der Waals surface area contributed by atoms with Crippen LogP contribution in [0.25, 0.3) is 0 Å². The molecule has 0 fully saturated rings. The van der Waals surface area contributed by atoms with Crippen molar-refractivity contribution in [1.29, 1.82) is 0 Å². The molecule has 0 saturated heterocycles. The molecule has 0 amide bonds. The van der Waals surface area contributed by atoms with Gasteiger partial charge in [-0.25, -0.2) is 8.42 Å². The Morgan fingerprint density at radius 3 is 2.28 bits per heavy atom. The van der Waals surface area contributed by atoms with E-state index in [1.54, 1.807) is 6.07 Å². The summed E-state index contributed by atoms with van der Waals surface area (Å²) in [4.78, 5) is 10.8. The highest BCUT2D eigenvalue weighted by atomic mass is 32.2. The van der Waals surface area contributed by atoms with Crippen molar-refractivity contribution < 1.29 is 37.3 Å². The number of carboxylic acids is 1. The van der Waals surface area contributed by atoms with Gasteiger partial charge in [0.25, 0.3) is 10.0 Å². The lowest BCUT2D eigenvalue weighted by Gasteiger charge is -2.15. The van der Waals surface area contributed by atoms with Gasteiger partial charge in [0.1, 0.15) is 17.3 Å². The molecule has 9 nitrogen and oxygen atoms in total. The topological polar surface area (TPSA) is 120 Å². The molecule has 2 aromatic carbocycles. The predicted molar refractivity (Wildman–Crippen MR) is 106 cm³/mol. The molecule has 10 heteroatoms. The first-order valence-corrected chi connectivity index (χ1v) is 10.0. The average molecular weight is 425 g/mol. The molecule has 0 aliphatic heterocycles. The van der Waals surface area contributed by atoms with Crippen LogP contribution in [-0.2, 0) is 26.0 Å². The standard InChI is InChI=1S/C19H23NO8S/c1-25-8-9-28-17-12-14(5-7-15(17)26-2)20-29(23,24)18-10-13(11-19(21)22)4-6-16(18)27-3/h4-7,10,12,20H,8-9,11H2,1-3H3,(H,21,22). The lowest BCUT2D eigenvalue weighted by molar-refractivity contribution is -0.136. The second-order valence-electron chi connectivity index (χ2n) is 5.87. The molecule has 2 rings (SSSR count). The van der Waals surface area contributed by atoms with Crippen LogP contribution in [0.3, 0.4) is 0 Å². The fraction of sp³-hybridized carbons (Fsp3) is 0.316. The Labute approximate surface area is 169 Å². The Morgan fingerprint density at radius 2 is 1.66 bits per heavy atom. The number of rotatable bonds is 11. The Balaban J connectivity index is 2.35. The summed E-state index contributed by atoms with van der Waals surface area (Å²) in [7, 11) is 0.281. The number of hydrogen-bond acceptors (Lipinski definition) is 7. The van der Waals surface area contributed by atoms with Crippen molar-refractivity contribution in [1.82, 2.24) is 0 Å². The fourth-order valence-electron chi connectivity index (χ4n) is 2.51. The van der Waals surface area contributed by atoms with Gasteiger partial charge in [-0.1, -0.05) is 6.07 Å². The van der Waals surface area contributed by atoms with Crippen molar-refractivity contribution in [3.05, 3.63) is 42.0 Å². The van der Waals surface area contributed by atoms with E-state index in [4.69, 9.17) is 24.1 Å². The second kappa shape index (κ2) is 9.99. The average Bonchev–Trinajstić information content (AvgIpc) is 2.67. The van der Waals surface area contributed by atoms with E-state index >= 15 is 0 Å². The molecule has 0 radical (unpaired) electrons. The van der Waals surface area contributed by atoms with Crippen LogP contribution in [0.5, 0.6) is 17.2 Å². The van der Waals surface area contributed by atoms with Gasteiger partial charge in [0.05, 0.1) is 32.9 Å². The summed E-state index contributed by atoms with van der Waals surface area (Å²) in [5.74, 6) is -0.197. The maximum absolute atomic E-state index is 12.9. The minimum absolute atomic E-state index is 0.0942. The molecule has 0 bridgehead atoms. The summed E-state index contributed by atoms with van der Waals surface area (Å²) in [6, 6.07) is 8.76. The van der Waals surface area contributed by atoms with Crippen molar-refractivity contribution in [3.8, 4) is 17.2 Å². The van der Waals surface area contributed by atoms with Crippen LogP contribution in [0.15, 0.2) is 41.3 Å². The summed E-state index contributed by atoms with van der Waals surface area (Å²) < 4.78 is 49.1. The fourth-order valence-corrected chi connectivity index (χ4v) is 3.78. The molecule has 0 aliphatic carbocycles. The number of sulfonamides is 1. The van der Waals surface area contributed by atoms with Crippen molar-refractivity contribution >= 4 is 21.7 Å². The first kappa shape index (κ1) is 22.3. The first-order valence-electron chi connectivity index (χ1n) is 8.52. The number of carboxylic acid groups (broad SMARTS) is 1. The molecule has 0 aliphatic rings. The van der Waals surface area contributed by atoms with Gasteiger partial charge in [0.2, 0.25) is 0 Å². The van der Waals surface area contributed by atoms with Crippen molar-refractivity contribution in [2.45, 2.75) is 11.3 Å². The zero-order valence-corrected chi connectivity index (χ0v) is 17.1. The third-order valence-corrected chi connectivity index (χ3v) is 5.24. The lowest BCUT2D eigenvalue weighted by atomic mass is 10.1. The van der Waals surface area contributed by atoms with Crippen LogP contribution in [0.2, 0.25) is 0 Å². The van der Waals surface area contributed by atoms with Gasteiger partial charge < -0.3 is 24.1 Å². The number of anilines is 1. The van der Waals surface area contributed by atoms with Gasteiger partial charge in [-0.3, -0.25) is 9.52 Å². The summed E-state index contributed by atoms with van der Waals surface area (Å²) >= 11 is 0. The maximum Gasteiger partial charge on any atom is 0.307 e. The zero-order valence-electron chi connectivity index (χ0n) is 16.3. The van der Waals surface area contributed by atoms with E-state index in [2.05, 4.69) is 4.72 Å². The van der Waals surface area contributed by atoms with Crippen LogP contribution in [0.1, 0.15) is 5.56 Å². The quantitative estimate of drug-likeness (QED) is 0.526. The van der Waals surface area contributed by atoms with E-state index in [9.17, 15) is 13.2 Å². The Morgan fingerprint density at radius 1 is 0.966 bits per heavy atom. The molecule has 2 aromatic rings. The van der Waals surface area contributed by atoms with Crippen LogP contribution >= 0.6 is 0 Å². The third-order valence-electron chi connectivity index (χ3n) is 3.83. The smallest absolute Gasteiger partial charge is 0.307 e. The molecule has 158 valence electrons. The molecule has 0 saturated carbocycles. The molecule has 0 unspecified atom stereocenters. The molecule has 0 spiro atoms. The monoisotopic (exact) mass is 425 g/mol. The summed E-state index contributed by atoms with van der Waals surface area (Å²) in [5, 5.41) is 8.96. The number of nitrogens with one attached hydrogen (secondary N) is 1. The van der Waals surface area contributed by atoms with Gasteiger partial charge >= 0.3 is 5.97 Å². The number of carbonyl (C=O) groups is 1. The minimum atomic E-state index is -4.06. The second-order valence-corrected chi connectivity index (χ2v) is 7.52. The Bertz CT molecular complexity index is 959. The zero-order chi connectivity index (χ0) is 21.4. The number of methoxy groups -OCH3 is 3. The van der Waals surface area contributed by atoms with Gasteiger partial charge in [-0.05, 0) is 29.8 Å². The Kier molecular flexibility index (Phi) is 7.68. The molecule has 29 heavy (non-hydrogen) atoms. The van der Waals surface area contributed by atoms with Crippen molar-refractivity contribution in [3.63, 3.8) is 0 Å². The van der Waals surface area contributed by atoms with E-state index in [-0.39, 0.29) is 29.4 Å². The molecular formula is C19H23NO8S. The Hall–Kier alpha value is -2.98. The largest absolute Gasteiger partial charge is 0.495 e. The normalized spacial score (nSPS) is 11.0. The number of ether oxygens (including phenoxy) is 4. The summed E-state index contributed by atoms with van der Waals surface area (Å²) in [6.45, 7) is 0.612. The highest BCUT2D eigenvalue weighted by Gasteiger charge is 2.21. The van der Waals surface area contributed by atoms with E-state index in [1.807, 2.05) is 0 Å². The molecule has 0 atom stereocenters. The van der Waals surface area contributed by atoms with Gasteiger partial charge in [-0.2, -0.15) is 0 Å². The van der Waals surface area contributed by atoms with Crippen molar-refractivity contribution in [2.24, 2.45) is 0 Å². The van der Waals surface area contributed by atoms with Crippen LogP contribution in [-0.4, -0.2) is 54.0 Å². The van der Waals surface area contributed by atoms with E-state index in [1.165, 1.54) is 51.7 Å². The molecule has 0 heterocycles. The lowest BCUT2D eigenvalue weighted by Crippen LogP contribution is -2.15. The molecular weight excluding hydrogens is 402 g/mol. The highest BCUT2D eigenvalue weighted by Crippen LogP contribution is 2.32. The van der Waals surface area contributed by atoms with E-state index < -0.39 is 16.0 Å². The highest BCUT2D eigenvalue weighted by molar-refractivity contribution is 7.92. The molecule has 2 N–H and O–H groups in total. The summed E-state index contributed by atoms with van der Waals surface area (Å²) in [5.41, 5.74) is 0.570. The van der Waals surface area contributed by atoms with Crippen molar-refractivity contribution in [2.75, 3.05) is 39.3 Å². The third kappa shape index (κ3) is 6.00. The van der Waals surface area contributed by atoms with Gasteiger partial charge in [0, 0.05) is 13.2 Å². The summed E-state index contributed by atoms with van der Waals surface area (Å²) in [6.07, 6.45) is -0.313. The van der Waals surface area contributed by atoms with Crippen LogP contribution in [0.4, 0.5) is 5.69 Å². The number of benzene rings is 2. The number of hydrogen-bond donors (Lipinski definition) is 2. The first-order chi connectivity index (χ1) is 13.8. The molecule has 0 aromatic heterocycles. The van der Waals surface area contributed by atoms with Gasteiger partial charge in [0.15, 0.2) is 11.5 Å². The van der Waals surface area contributed by atoms with Crippen LogP contribution < -0.4 is 18.9 Å². The van der Waals surface area contributed by atoms with Crippen LogP contribution in [0, 0.1) is 0 Å². The SMILES string of the molecule is COCCOc1cc(NS(=O)(=O)c2cc(CC(=O)O)ccc2OC)ccc1OC. The maximum atomic E-state index is 12.9. The number of aliphatic carboxylic acids is 1. The minimum Gasteiger partial charge on any atom is -0.495 e. The van der Waals surface area contributed by atoms with E-state index in [0.29, 0.717) is 23.7 Å².